The lowest BCUT2D eigenvalue weighted by atomic mass is 9.89. The number of hydrogen-bond donors (Lipinski definition) is 5. The Morgan fingerprint density at radius 2 is 1.24 bits per heavy atom. The van der Waals surface area contributed by atoms with Crippen molar-refractivity contribution in [1.82, 2.24) is 4.90 Å². The summed E-state index contributed by atoms with van der Waals surface area (Å²) in [7, 11) is 1.72. The summed E-state index contributed by atoms with van der Waals surface area (Å²) in [5.74, 6) is -6.92. The van der Waals surface area contributed by atoms with Gasteiger partial charge in [0.2, 0.25) is 17.6 Å². The smallest absolute Gasteiger partial charge is 0.338 e. The normalized spacial score (nSPS) is 15.6. The third kappa shape index (κ3) is 40.4. The minimum absolute atomic E-state index is 0.00167. The van der Waals surface area contributed by atoms with Crippen LogP contribution >= 0.6 is 0 Å². The first kappa shape index (κ1) is 95.4. The average molecular weight is 1340 g/mol. The zero-order chi connectivity index (χ0) is 74.0. The number of carbonyl (C=O) groups excluding carboxylic acids is 9. The number of amides is 3. The van der Waals surface area contributed by atoms with E-state index in [2.05, 4.69) is 37.5 Å². The molecule has 19 nitrogen and oxygen atoms in total. The van der Waals surface area contributed by atoms with Gasteiger partial charge in [-0.25, -0.2) is 4.79 Å². The van der Waals surface area contributed by atoms with E-state index in [0.717, 1.165) is 62.9 Å². The van der Waals surface area contributed by atoms with E-state index < -0.39 is 41.5 Å². The van der Waals surface area contributed by atoms with Crippen molar-refractivity contribution in [2.24, 2.45) is 29.6 Å². The fourth-order valence-corrected chi connectivity index (χ4v) is 10.2. The molecule has 95 heavy (non-hydrogen) atoms. The summed E-state index contributed by atoms with van der Waals surface area (Å²) in [6.45, 7) is 42.2. The Kier molecular flexibility index (Phi) is 56.3. The maximum Gasteiger partial charge on any atom is 0.338 e. The third-order valence-electron chi connectivity index (χ3n) is 15.6. The second-order valence-electron chi connectivity index (χ2n) is 24.1. The number of ether oxygens (including phenoxy) is 4. The van der Waals surface area contributed by atoms with E-state index >= 15 is 0 Å². The molecule has 3 rings (SSSR count). The number of rotatable bonds is 33. The van der Waals surface area contributed by atoms with E-state index in [-0.39, 0.29) is 98.0 Å². The van der Waals surface area contributed by atoms with E-state index in [1.54, 1.807) is 54.7 Å². The summed E-state index contributed by atoms with van der Waals surface area (Å²) < 4.78 is 21.0. The average Bonchev–Trinajstić information content (AvgIpc) is 0.784. The second kappa shape index (κ2) is 56.1. The molecule has 546 valence electrons. The SMILES string of the molecule is CC.CC.CC.CC.CC(=O)Nc1c(C)c(NC(C)=O)c(C)c(C(=O)OCCOCCC(=O)OC2CCCCC2)c1C.CC(=O)[C@H](C)/C=C(\C)C(O)CC(=O)C(C)C[C@H](C)/C=C/C=C/C=C(\C)CCCCCC(C)C(O)(O)C(=O)C(=O)N1CCCCC1C=O.COCC(C)C. The van der Waals surface area contributed by atoms with Gasteiger partial charge in [0, 0.05) is 69.7 Å². The highest BCUT2D eigenvalue weighted by molar-refractivity contribution is 6.39. The number of Topliss-reactive ketones (excluding diaryl/α,β-unsaturated/α-hetero) is 3. The predicted molar refractivity (Wildman–Crippen MR) is 384 cm³/mol. The molecular formula is C76H131N3O16. The molecule has 2 aliphatic rings. The molecule has 0 bridgehead atoms. The molecule has 2 fully saturated rings. The number of carbonyl (C=O) groups is 9. The number of anilines is 2. The molecular weight excluding hydrogens is 1210 g/mol. The number of nitrogens with one attached hydrogen (secondary N) is 2. The number of ketones is 3. The zero-order valence-electron chi connectivity index (χ0n) is 63.1. The summed E-state index contributed by atoms with van der Waals surface area (Å²) in [5.41, 5.74) is 4.79. The zero-order valence-corrected chi connectivity index (χ0v) is 63.1. The van der Waals surface area contributed by atoms with Gasteiger partial charge in [0.25, 0.3) is 11.7 Å². The van der Waals surface area contributed by atoms with Crippen molar-refractivity contribution < 1.29 is 77.4 Å². The van der Waals surface area contributed by atoms with Crippen molar-refractivity contribution in [1.29, 1.82) is 0 Å². The highest BCUT2D eigenvalue weighted by Gasteiger charge is 2.46. The van der Waals surface area contributed by atoms with Crippen LogP contribution in [-0.2, 0) is 57.3 Å². The molecule has 6 atom stereocenters. The standard InChI is InChI=1S/C38H59NO8.C25H36N2O7.C5H12O.4C2H6/c1-26(16-10-8-12-18-27(2)22-29(4)34(42)24-35(43)30(5)23-28(3)32(7)41)17-11-9-13-19-31(6)38(46,47)36(44)37(45)39-21-15-14-20-33(39)25-40;1-15-22(16(2)24(27-19(5)29)17(3)23(15)26-18(4)28)25(31)33-14-13-32-12-11-21(30)34-20-9-7-6-8-10-20;1-5(2)4-6-3;4*1-2/h8,10,12,16,18,23,25,27-29,31,33,35,43,46-47H,9,11,13-15,17,19-22,24H2,1-7H3;20H,6-14H2,1-5H3,(H,26,28)(H,27,29);5H,4H2,1-3H3;4*1-2H3/b10-8+,18-12+,26-16+,30-23+;;;;;;/t27-,28-,29?,31?,33?,35?;;;;;;/m1....../s1. The molecule has 1 aromatic carbocycles. The van der Waals surface area contributed by atoms with Gasteiger partial charge in [-0.15, -0.1) is 0 Å². The fourth-order valence-electron chi connectivity index (χ4n) is 10.2. The summed E-state index contributed by atoms with van der Waals surface area (Å²) in [4.78, 5) is 110. The van der Waals surface area contributed by atoms with E-state index in [1.165, 1.54) is 32.8 Å². The Balaban J connectivity index is -0.000000752. The number of benzene rings is 1. The van der Waals surface area contributed by atoms with Crippen molar-refractivity contribution in [2.75, 3.05) is 50.7 Å². The number of aldehydes is 1. The van der Waals surface area contributed by atoms with Gasteiger partial charge >= 0.3 is 11.9 Å². The Bertz CT molecular complexity index is 2480. The molecule has 0 aromatic heterocycles. The van der Waals surface area contributed by atoms with Gasteiger partial charge in [0.05, 0.1) is 37.3 Å². The topological polar surface area (TPSA) is 279 Å². The highest BCUT2D eigenvalue weighted by atomic mass is 16.6. The molecule has 1 aliphatic heterocycles. The van der Waals surface area contributed by atoms with Gasteiger partial charge in [-0.3, -0.25) is 33.6 Å². The van der Waals surface area contributed by atoms with Crippen LogP contribution in [0.3, 0.4) is 0 Å². The van der Waals surface area contributed by atoms with E-state index in [9.17, 15) is 58.5 Å². The number of methoxy groups -OCH3 is 1. The largest absolute Gasteiger partial charge is 0.462 e. The van der Waals surface area contributed by atoms with E-state index in [1.807, 2.05) is 93.5 Å². The van der Waals surface area contributed by atoms with Crippen LogP contribution in [0.15, 0.2) is 47.6 Å². The van der Waals surface area contributed by atoms with Crippen LogP contribution in [0.25, 0.3) is 0 Å². The van der Waals surface area contributed by atoms with Crippen LogP contribution in [0, 0.1) is 50.4 Å². The summed E-state index contributed by atoms with van der Waals surface area (Å²) in [6, 6.07) is -0.696. The number of likely N-dealkylation sites (tertiary alicyclic amines) is 1. The molecule has 1 heterocycles. The van der Waals surface area contributed by atoms with Crippen molar-refractivity contribution in [3.63, 3.8) is 0 Å². The summed E-state index contributed by atoms with van der Waals surface area (Å²) in [5, 5.41) is 36.9. The van der Waals surface area contributed by atoms with E-state index in [0.29, 0.717) is 77.9 Å². The molecule has 19 heteroatoms. The van der Waals surface area contributed by atoms with Crippen LogP contribution in [0.5, 0.6) is 0 Å². The number of piperidine rings is 1. The molecule has 1 aliphatic carbocycles. The van der Waals surface area contributed by atoms with Gasteiger partial charge < -0.3 is 54.6 Å². The Morgan fingerprint density at radius 3 is 1.75 bits per heavy atom. The lowest BCUT2D eigenvalue weighted by molar-refractivity contribution is -0.205. The second-order valence-corrected chi connectivity index (χ2v) is 24.1. The van der Waals surface area contributed by atoms with Gasteiger partial charge in [0.15, 0.2) is 0 Å². The highest BCUT2D eigenvalue weighted by Crippen LogP contribution is 2.36. The molecule has 1 saturated heterocycles. The molecule has 1 aromatic rings. The number of hydrogen-bond acceptors (Lipinski definition) is 16. The third-order valence-corrected chi connectivity index (χ3v) is 15.6. The Labute approximate surface area is 573 Å². The number of aliphatic hydroxyl groups excluding tert-OH is 1. The molecule has 3 amide bonds. The monoisotopic (exact) mass is 1340 g/mol. The van der Waals surface area contributed by atoms with Crippen LogP contribution < -0.4 is 10.6 Å². The summed E-state index contributed by atoms with van der Waals surface area (Å²) >= 11 is 0. The first-order valence-corrected chi connectivity index (χ1v) is 35.2. The van der Waals surface area contributed by atoms with Crippen molar-refractivity contribution in [2.45, 2.75) is 279 Å². The maximum absolute atomic E-state index is 12.9. The summed E-state index contributed by atoms with van der Waals surface area (Å²) in [6.07, 6.45) is 23.1. The number of allylic oxidation sites excluding steroid dienone is 7. The quantitative estimate of drug-likeness (QED) is 0.00832. The van der Waals surface area contributed by atoms with Gasteiger partial charge in [-0.05, 0) is 146 Å². The van der Waals surface area contributed by atoms with Gasteiger partial charge in [0.1, 0.15) is 30.6 Å². The minimum Gasteiger partial charge on any atom is -0.462 e. The van der Waals surface area contributed by atoms with Crippen LogP contribution in [0.4, 0.5) is 11.4 Å². The predicted octanol–water partition coefficient (Wildman–Crippen LogP) is 15.0. The lowest BCUT2D eigenvalue weighted by Gasteiger charge is -2.34. The van der Waals surface area contributed by atoms with Gasteiger partial charge in [-0.1, -0.05) is 158 Å². The van der Waals surface area contributed by atoms with E-state index in [4.69, 9.17) is 18.9 Å². The molecule has 4 unspecified atom stereocenters. The van der Waals surface area contributed by atoms with Crippen molar-refractivity contribution in [3.8, 4) is 0 Å². The van der Waals surface area contributed by atoms with Gasteiger partial charge in [-0.2, -0.15) is 0 Å². The Hall–Kier alpha value is -5.99. The van der Waals surface area contributed by atoms with Crippen LogP contribution in [0.1, 0.15) is 261 Å². The number of esters is 2. The molecule has 5 N–H and O–H groups in total. The van der Waals surface area contributed by atoms with Crippen molar-refractivity contribution >= 4 is 64.7 Å². The van der Waals surface area contributed by atoms with Crippen LogP contribution in [0.2, 0.25) is 0 Å². The number of unbranched alkanes of at least 4 members (excludes halogenated alkanes) is 2. The molecule has 0 spiro atoms. The lowest BCUT2D eigenvalue weighted by Crippen LogP contribution is -2.56. The molecule has 0 radical (unpaired) electrons. The molecule has 1 saturated carbocycles. The maximum atomic E-state index is 12.9. The Morgan fingerprint density at radius 1 is 0.684 bits per heavy atom. The first-order chi connectivity index (χ1) is 44.9. The number of aliphatic hydroxyl groups is 3. The number of nitrogens with zero attached hydrogens (tertiary/aromatic N) is 1. The fraction of sp³-hybridized carbons (Fsp3) is 0.697. The first-order valence-electron chi connectivity index (χ1n) is 35.2. The van der Waals surface area contributed by atoms with Crippen LogP contribution in [-0.4, -0.2) is 138 Å². The minimum atomic E-state index is -2.77. The van der Waals surface area contributed by atoms with Crippen molar-refractivity contribution in [3.05, 3.63) is 69.9 Å².